The summed E-state index contributed by atoms with van der Waals surface area (Å²) in [5.74, 6) is -0.223. The average Bonchev–Trinajstić information content (AvgIpc) is 2.37. The maximum Gasteiger partial charge on any atom is 0.319 e. The summed E-state index contributed by atoms with van der Waals surface area (Å²) in [6.45, 7) is 2.48. The molecule has 0 aliphatic heterocycles. The van der Waals surface area contributed by atoms with Crippen LogP contribution in [0.2, 0.25) is 5.02 Å². The molecular formula is C12H15BrClN3O2. The normalized spacial score (nSPS) is 9.84. The molecule has 1 aromatic carbocycles. The van der Waals surface area contributed by atoms with Crippen molar-refractivity contribution in [3.63, 3.8) is 0 Å². The van der Waals surface area contributed by atoms with E-state index in [4.69, 9.17) is 11.6 Å². The molecule has 1 rings (SSSR count). The van der Waals surface area contributed by atoms with Crippen molar-refractivity contribution in [1.82, 2.24) is 10.6 Å². The molecule has 0 radical (unpaired) electrons. The number of carbonyl (C=O) groups is 2. The van der Waals surface area contributed by atoms with E-state index >= 15 is 0 Å². The Hall–Kier alpha value is -1.27. The minimum absolute atomic E-state index is 0.0695. The lowest BCUT2D eigenvalue weighted by Gasteiger charge is -2.09. The molecule has 3 N–H and O–H groups in total. The Morgan fingerprint density at radius 1 is 1.32 bits per heavy atom. The molecule has 1 aromatic rings. The van der Waals surface area contributed by atoms with E-state index in [1.807, 2.05) is 6.92 Å². The molecular weight excluding hydrogens is 334 g/mol. The smallest absolute Gasteiger partial charge is 0.319 e. The van der Waals surface area contributed by atoms with Crippen LogP contribution in [-0.4, -0.2) is 25.0 Å². The summed E-state index contributed by atoms with van der Waals surface area (Å²) in [4.78, 5) is 22.8. The van der Waals surface area contributed by atoms with Gasteiger partial charge in [-0.25, -0.2) is 4.79 Å². The van der Waals surface area contributed by atoms with Gasteiger partial charge in [-0.2, -0.15) is 0 Å². The maximum absolute atomic E-state index is 11.6. The van der Waals surface area contributed by atoms with E-state index in [0.29, 0.717) is 17.3 Å². The molecule has 0 atom stereocenters. The highest BCUT2D eigenvalue weighted by Gasteiger charge is 2.07. The van der Waals surface area contributed by atoms with Crippen LogP contribution in [0.25, 0.3) is 0 Å². The van der Waals surface area contributed by atoms with Crippen molar-refractivity contribution >= 4 is 45.2 Å². The first kappa shape index (κ1) is 15.8. The lowest BCUT2D eigenvalue weighted by Crippen LogP contribution is -2.39. The van der Waals surface area contributed by atoms with Gasteiger partial charge >= 0.3 is 6.03 Å². The van der Waals surface area contributed by atoms with Crippen molar-refractivity contribution < 1.29 is 9.59 Å². The summed E-state index contributed by atoms with van der Waals surface area (Å²) < 4.78 is 0.822. The summed E-state index contributed by atoms with van der Waals surface area (Å²) in [5.41, 5.74) is 0.483. The summed E-state index contributed by atoms with van der Waals surface area (Å²) in [6, 6.07) is 4.62. The Labute approximate surface area is 125 Å². The number of halogens is 2. The number of rotatable bonds is 5. The Kier molecular flexibility index (Phi) is 6.66. The number of anilines is 1. The van der Waals surface area contributed by atoms with Gasteiger partial charge in [0, 0.05) is 11.0 Å². The highest BCUT2D eigenvalue weighted by molar-refractivity contribution is 9.10. The predicted molar refractivity (Wildman–Crippen MR) is 79.5 cm³/mol. The van der Waals surface area contributed by atoms with E-state index in [9.17, 15) is 9.59 Å². The number of hydrogen-bond acceptors (Lipinski definition) is 2. The second-order valence-electron chi connectivity index (χ2n) is 3.78. The molecule has 0 aliphatic rings. The SMILES string of the molecule is CCCNC(=O)CNC(=O)Nc1ccc(Br)cc1Cl. The van der Waals surface area contributed by atoms with E-state index in [0.717, 1.165) is 10.9 Å². The largest absolute Gasteiger partial charge is 0.355 e. The minimum Gasteiger partial charge on any atom is -0.355 e. The molecule has 5 nitrogen and oxygen atoms in total. The summed E-state index contributed by atoms with van der Waals surface area (Å²) in [5, 5.41) is 8.09. The molecule has 0 aromatic heterocycles. The van der Waals surface area contributed by atoms with Crippen LogP contribution in [-0.2, 0) is 4.79 Å². The Morgan fingerprint density at radius 2 is 2.05 bits per heavy atom. The molecule has 104 valence electrons. The topological polar surface area (TPSA) is 70.2 Å². The van der Waals surface area contributed by atoms with Gasteiger partial charge in [-0.05, 0) is 24.6 Å². The maximum atomic E-state index is 11.6. The lowest BCUT2D eigenvalue weighted by atomic mass is 10.3. The van der Waals surface area contributed by atoms with E-state index < -0.39 is 6.03 Å². The number of nitrogens with one attached hydrogen (secondary N) is 3. The number of urea groups is 1. The van der Waals surface area contributed by atoms with Gasteiger partial charge in [0.1, 0.15) is 0 Å². The van der Waals surface area contributed by atoms with Crippen molar-refractivity contribution in [2.24, 2.45) is 0 Å². The van der Waals surface area contributed by atoms with Crippen molar-refractivity contribution in [2.75, 3.05) is 18.4 Å². The Bertz CT molecular complexity index is 468. The van der Waals surface area contributed by atoms with Crippen LogP contribution >= 0.6 is 27.5 Å². The minimum atomic E-state index is -0.476. The molecule has 0 bridgehead atoms. The van der Waals surface area contributed by atoms with Gasteiger partial charge in [0.05, 0.1) is 17.3 Å². The van der Waals surface area contributed by atoms with Crippen LogP contribution in [0.3, 0.4) is 0 Å². The average molecular weight is 349 g/mol. The number of amides is 3. The molecule has 0 unspecified atom stereocenters. The number of carbonyl (C=O) groups excluding carboxylic acids is 2. The number of benzene rings is 1. The first-order valence-corrected chi connectivity index (χ1v) is 6.96. The fraction of sp³-hybridized carbons (Fsp3) is 0.333. The third-order valence-electron chi connectivity index (χ3n) is 2.16. The molecule has 0 saturated carbocycles. The predicted octanol–water partition coefficient (Wildman–Crippen LogP) is 2.75. The third kappa shape index (κ3) is 5.94. The van der Waals surface area contributed by atoms with Crippen molar-refractivity contribution in [3.8, 4) is 0 Å². The van der Waals surface area contributed by atoms with Crippen LogP contribution in [0.5, 0.6) is 0 Å². The highest BCUT2D eigenvalue weighted by Crippen LogP contribution is 2.25. The van der Waals surface area contributed by atoms with Gasteiger partial charge in [0.25, 0.3) is 0 Å². The van der Waals surface area contributed by atoms with Crippen LogP contribution in [0, 0.1) is 0 Å². The number of hydrogen-bond donors (Lipinski definition) is 3. The van der Waals surface area contributed by atoms with E-state index in [1.54, 1.807) is 18.2 Å². The summed E-state index contributed by atoms with van der Waals surface area (Å²) in [7, 11) is 0. The Balaban J connectivity index is 2.41. The van der Waals surface area contributed by atoms with Crippen LogP contribution in [0.15, 0.2) is 22.7 Å². The second-order valence-corrected chi connectivity index (χ2v) is 5.10. The van der Waals surface area contributed by atoms with Gasteiger partial charge in [0.15, 0.2) is 0 Å². The molecule has 0 spiro atoms. The van der Waals surface area contributed by atoms with Gasteiger partial charge in [-0.1, -0.05) is 34.5 Å². The van der Waals surface area contributed by atoms with Gasteiger partial charge in [0.2, 0.25) is 5.91 Å². The van der Waals surface area contributed by atoms with E-state index in [2.05, 4.69) is 31.9 Å². The first-order valence-electron chi connectivity index (χ1n) is 5.79. The zero-order valence-electron chi connectivity index (χ0n) is 10.4. The molecule has 19 heavy (non-hydrogen) atoms. The quantitative estimate of drug-likeness (QED) is 0.766. The Morgan fingerprint density at radius 3 is 2.68 bits per heavy atom. The van der Waals surface area contributed by atoms with Crippen LogP contribution in [0.4, 0.5) is 10.5 Å². The molecule has 0 fully saturated rings. The zero-order chi connectivity index (χ0) is 14.3. The first-order chi connectivity index (χ1) is 9.02. The summed E-state index contributed by atoms with van der Waals surface area (Å²) in [6.07, 6.45) is 0.854. The van der Waals surface area contributed by atoms with Gasteiger partial charge < -0.3 is 16.0 Å². The van der Waals surface area contributed by atoms with Crippen LogP contribution < -0.4 is 16.0 Å². The van der Waals surface area contributed by atoms with Crippen molar-refractivity contribution in [2.45, 2.75) is 13.3 Å². The lowest BCUT2D eigenvalue weighted by molar-refractivity contribution is -0.120. The molecule has 0 saturated heterocycles. The van der Waals surface area contributed by atoms with E-state index in [-0.39, 0.29) is 12.5 Å². The van der Waals surface area contributed by atoms with Crippen LogP contribution in [0.1, 0.15) is 13.3 Å². The second kappa shape index (κ2) is 8.01. The molecule has 0 heterocycles. The van der Waals surface area contributed by atoms with Crippen molar-refractivity contribution in [1.29, 1.82) is 0 Å². The van der Waals surface area contributed by atoms with Gasteiger partial charge in [-0.15, -0.1) is 0 Å². The highest BCUT2D eigenvalue weighted by atomic mass is 79.9. The standard InChI is InChI=1S/C12H15BrClN3O2/c1-2-5-15-11(18)7-16-12(19)17-10-4-3-8(13)6-9(10)14/h3-4,6H,2,5,7H2,1H3,(H,15,18)(H2,16,17,19). The van der Waals surface area contributed by atoms with Crippen molar-refractivity contribution in [3.05, 3.63) is 27.7 Å². The molecule has 0 aliphatic carbocycles. The zero-order valence-corrected chi connectivity index (χ0v) is 12.8. The summed E-state index contributed by atoms with van der Waals surface area (Å²) >= 11 is 9.22. The monoisotopic (exact) mass is 347 g/mol. The molecule has 7 heteroatoms. The fourth-order valence-electron chi connectivity index (χ4n) is 1.24. The molecule has 3 amide bonds. The van der Waals surface area contributed by atoms with Gasteiger partial charge in [-0.3, -0.25) is 4.79 Å². The third-order valence-corrected chi connectivity index (χ3v) is 2.97. The van der Waals surface area contributed by atoms with E-state index in [1.165, 1.54) is 0 Å². The fourth-order valence-corrected chi connectivity index (χ4v) is 1.97.